The van der Waals surface area contributed by atoms with Gasteiger partial charge in [-0.1, -0.05) is 22.0 Å². The molecular formula is C18H17BrFN3O. The van der Waals surface area contributed by atoms with Crippen molar-refractivity contribution >= 4 is 32.7 Å². The number of rotatable bonds is 5. The van der Waals surface area contributed by atoms with Gasteiger partial charge in [-0.25, -0.2) is 14.4 Å². The van der Waals surface area contributed by atoms with Crippen molar-refractivity contribution < 1.29 is 9.13 Å². The van der Waals surface area contributed by atoms with Crippen LogP contribution in [0.25, 0.3) is 10.9 Å². The highest BCUT2D eigenvalue weighted by Crippen LogP contribution is 2.25. The van der Waals surface area contributed by atoms with Crippen LogP contribution < -0.4 is 10.1 Å². The molecule has 3 aromatic rings. The van der Waals surface area contributed by atoms with Gasteiger partial charge in [-0.2, -0.15) is 0 Å². The average Bonchev–Trinajstić information content (AvgIpc) is 2.55. The first-order valence-electron chi connectivity index (χ1n) is 7.66. The van der Waals surface area contributed by atoms with Crippen LogP contribution in [0.2, 0.25) is 0 Å². The van der Waals surface area contributed by atoms with Gasteiger partial charge >= 0.3 is 0 Å². The van der Waals surface area contributed by atoms with Gasteiger partial charge in [-0.3, -0.25) is 0 Å². The van der Waals surface area contributed by atoms with Crippen molar-refractivity contribution in [2.24, 2.45) is 0 Å². The monoisotopic (exact) mass is 389 g/mol. The molecule has 0 unspecified atom stereocenters. The first-order valence-corrected chi connectivity index (χ1v) is 8.45. The average molecular weight is 390 g/mol. The smallest absolute Gasteiger partial charge is 0.165 e. The van der Waals surface area contributed by atoms with E-state index in [4.69, 9.17) is 4.74 Å². The zero-order chi connectivity index (χ0) is 17.1. The van der Waals surface area contributed by atoms with Gasteiger partial charge in [-0.15, -0.1) is 0 Å². The van der Waals surface area contributed by atoms with Crippen LogP contribution in [0.4, 0.5) is 10.2 Å². The molecule has 0 saturated heterocycles. The molecule has 0 radical (unpaired) electrons. The third-order valence-electron chi connectivity index (χ3n) is 3.53. The molecule has 6 heteroatoms. The minimum atomic E-state index is -0.359. The lowest BCUT2D eigenvalue weighted by molar-refractivity contribution is 0.321. The topological polar surface area (TPSA) is 47.0 Å². The quantitative estimate of drug-likeness (QED) is 0.677. The standard InChI is InChI=1S/C18H17BrFN3O/c1-3-24-17-7-4-12(8-15(17)20)10-21-18-14-9-13(19)5-6-16(14)22-11(2)23-18/h4-9H,3,10H2,1-2H3,(H,21,22,23). The third kappa shape index (κ3) is 3.64. The van der Waals surface area contributed by atoms with Gasteiger partial charge < -0.3 is 10.1 Å². The van der Waals surface area contributed by atoms with Gasteiger partial charge in [0.05, 0.1) is 12.1 Å². The first-order chi connectivity index (χ1) is 11.6. The molecule has 124 valence electrons. The predicted octanol–water partition coefficient (Wildman–Crippen LogP) is 4.85. The summed E-state index contributed by atoms with van der Waals surface area (Å²) in [6.07, 6.45) is 0. The van der Waals surface area contributed by atoms with Crippen LogP contribution >= 0.6 is 15.9 Å². The van der Waals surface area contributed by atoms with Crippen LogP contribution in [-0.4, -0.2) is 16.6 Å². The number of hydrogen-bond donors (Lipinski definition) is 1. The van der Waals surface area contributed by atoms with E-state index in [1.165, 1.54) is 6.07 Å². The van der Waals surface area contributed by atoms with Gasteiger partial charge in [-0.05, 0) is 49.7 Å². The SMILES string of the molecule is CCOc1ccc(CNc2nc(C)nc3ccc(Br)cc23)cc1F. The minimum Gasteiger partial charge on any atom is -0.491 e. The van der Waals surface area contributed by atoms with Crippen molar-refractivity contribution in [3.05, 3.63) is 58.1 Å². The van der Waals surface area contributed by atoms with E-state index in [0.29, 0.717) is 19.0 Å². The molecule has 0 fully saturated rings. The summed E-state index contributed by atoms with van der Waals surface area (Å²) in [6.45, 7) is 4.58. The fraction of sp³-hybridized carbons (Fsp3) is 0.222. The Labute approximate surface area is 148 Å². The molecule has 0 saturated carbocycles. The molecule has 0 amide bonds. The van der Waals surface area contributed by atoms with Crippen molar-refractivity contribution in [3.63, 3.8) is 0 Å². The number of aromatic nitrogens is 2. The number of fused-ring (bicyclic) bond motifs is 1. The highest BCUT2D eigenvalue weighted by molar-refractivity contribution is 9.10. The van der Waals surface area contributed by atoms with Crippen molar-refractivity contribution in [1.29, 1.82) is 0 Å². The number of anilines is 1. The maximum atomic E-state index is 13.9. The Morgan fingerprint density at radius 1 is 1.17 bits per heavy atom. The summed E-state index contributed by atoms with van der Waals surface area (Å²) < 4.78 is 20.1. The van der Waals surface area contributed by atoms with Crippen molar-refractivity contribution in [2.45, 2.75) is 20.4 Å². The number of benzene rings is 2. The summed E-state index contributed by atoms with van der Waals surface area (Å²) in [5.74, 6) is 1.33. The molecule has 4 nitrogen and oxygen atoms in total. The van der Waals surface area contributed by atoms with Gasteiger partial charge in [0.2, 0.25) is 0 Å². The normalized spacial score (nSPS) is 10.8. The lowest BCUT2D eigenvalue weighted by Crippen LogP contribution is -2.05. The van der Waals surface area contributed by atoms with E-state index in [9.17, 15) is 4.39 Å². The summed E-state index contributed by atoms with van der Waals surface area (Å²) in [6, 6.07) is 10.8. The van der Waals surface area contributed by atoms with E-state index in [2.05, 4.69) is 31.2 Å². The molecule has 1 aromatic heterocycles. The molecule has 0 aliphatic rings. The maximum Gasteiger partial charge on any atom is 0.165 e. The first kappa shape index (κ1) is 16.6. The fourth-order valence-corrected chi connectivity index (χ4v) is 2.83. The second-order valence-electron chi connectivity index (χ2n) is 5.33. The molecule has 0 aliphatic carbocycles. The van der Waals surface area contributed by atoms with Crippen LogP contribution in [0, 0.1) is 12.7 Å². The molecule has 0 spiro atoms. The molecule has 1 N–H and O–H groups in total. The number of aryl methyl sites for hydroxylation is 1. The molecule has 0 aliphatic heterocycles. The summed E-state index contributed by atoms with van der Waals surface area (Å²) >= 11 is 3.47. The number of halogens is 2. The number of hydrogen-bond acceptors (Lipinski definition) is 4. The maximum absolute atomic E-state index is 13.9. The zero-order valence-corrected chi connectivity index (χ0v) is 15.0. The van der Waals surface area contributed by atoms with E-state index in [1.54, 1.807) is 6.07 Å². The Morgan fingerprint density at radius 2 is 2.00 bits per heavy atom. The van der Waals surface area contributed by atoms with Gasteiger partial charge in [0.1, 0.15) is 11.6 Å². The van der Waals surface area contributed by atoms with E-state index in [1.807, 2.05) is 38.1 Å². The molecule has 3 rings (SSSR count). The lowest BCUT2D eigenvalue weighted by atomic mass is 10.2. The summed E-state index contributed by atoms with van der Waals surface area (Å²) in [4.78, 5) is 8.90. The van der Waals surface area contributed by atoms with Crippen LogP contribution in [0.1, 0.15) is 18.3 Å². The number of nitrogens with one attached hydrogen (secondary N) is 1. The van der Waals surface area contributed by atoms with E-state index < -0.39 is 0 Å². The highest BCUT2D eigenvalue weighted by Gasteiger charge is 2.08. The molecule has 0 bridgehead atoms. The molecule has 2 aromatic carbocycles. The minimum absolute atomic E-state index is 0.272. The second kappa shape index (κ2) is 7.13. The summed E-state index contributed by atoms with van der Waals surface area (Å²) in [7, 11) is 0. The highest BCUT2D eigenvalue weighted by atomic mass is 79.9. The van der Waals surface area contributed by atoms with E-state index >= 15 is 0 Å². The Bertz CT molecular complexity index is 886. The second-order valence-corrected chi connectivity index (χ2v) is 6.25. The largest absolute Gasteiger partial charge is 0.491 e. The van der Waals surface area contributed by atoms with Gasteiger partial charge in [0, 0.05) is 16.4 Å². The van der Waals surface area contributed by atoms with E-state index in [-0.39, 0.29) is 11.6 Å². The molecule has 1 heterocycles. The van der Waals surface area contributed by atoms with Crippen molar-refractivity contribution in [1.82, 2.24) is 9.97 Å². The van der Waals surface area contributed by atoms with E-state index in [0.717, 1.165) is 26.8 Å². The van der Waals surface area contributed by atoms with Gasteiger partial charge in [0.15, 0.2) is 11.6 Å². The summed E-state index contributed by atoms with van der Waals surface area (Å²) in [5, 5.41) is 4.19. The molecular weight excluding hydrogens is 373 g/mol. The Hall–Kier alpha value is -2.21. The number of nitrogens with zero attached hydrogens (tertiary/aromatic N) is 2. The van der Waals surface area contributed by atoms with Crippen LogP contribution in [0.3, 0.4) is 0 Å². The van der Waals surface area contributed by atoms with Crippen molar-refractivity contribution in [3.8, 4) is 5.75 Å². The Kier molecular flexibility index (Phi) is 4.94. The zero-order valence-electron chi connectivity index (χ0n) is 13.4. The third-order valence-corrected chi connectivity index (χ3v) is 4.02. The number of ether oxygens (including phenoxy) is 1. The predicted molar refractivity (Wildman–Crippen MR) is 96.9 cm³/mol. The Morgan fingerprint density at radius 3 is 2.75 bits per heavy atom. The van der Waals surface area contributed by atoms with Crippen molar-refractivity contribution in [2.75, 3.05) is 11.9 Å². The van der Waals surface area contributed by atoms with Crippen LogP contribution in [-0.2, 0) is 6.54 Å². The Balaban J connectivity index is 1.85. The van der Waals surface area contributed by atoms with Gasteiger partial charge in [0.25, 0.3) is 0 Å². The summed E-state index contributed by atoms with van der Waals surface area (Å²) in [5.41, 5.74) is 1.68. The van der Waals surface area contributed by atoms with Crippen LogP contribution in [0.5, 0.6) is 5.75 Å². The molecule has 24 heavy (non-hydrogen) atoms. The fourth-order valence-electron chi connectivity index (χ4n) is 2.46. The lowest BCUT2D eigenvalue weighted by Gasteiger charge is -2.11. The molecule has 0 atom stereocenters. The van der Waals surface area contributed by atoms with Crippen LogP contribution in [0.15, 0.2) is 40.9 Å².